The maximum Gasteiger partial charge on any atom is 0.387 e. The van der Waals surface area contributed by atoms with Crippen molar-refractivity contribution in [1.82, 2.24) is 15.4 Å². The van der Waals surface area contributed by atoms with Crippen LogP contribution in [0.15, 0.2) is 52.7 Å². The van der Waals surface area contributed by atoms with Crippen LogP contribution < -0.4 is 20.1 Å². The Labute approximate surface area is 188 Å². The summed E-state index contributed by atoms with van der Waals surface area (Å²) in [5.74, 6) is 0.333. The number of nitrogens with zero attached hydrogens (tertiary/aromatic N) is 2. The summed E-state index contributed by atoms with van der Waals surface area (Å²) < 4.78 is 40.1. The Kier molecular flexibility index (Phi) is 7.08. The number of benzene rings is 1. The van der Waals surface area contributed by atoms with Gasteiger partial charge >= 0.3 is 6.61 Å². The lowest BCUT2D eigenvalue weighted by atomic mass is 9.94. The lowest BCUT2D eigenvalue weighted by Gasteiger charge is -2.37. The molecule has 0 bridgehead atoms. The highest BCUT2D eigenvalue weighted by atomic mass is 32.1. The van der Waals surface area contributed by atoms with Gasteiger partial charge in [-0.2, -0.15) is 8.78 Å². The van der Waals surface area contributed by atoms with E-state index in [2.05, 4.69) is 27.1 Å². The SMILES string of the molecule is C=CCN1C(=S)N[C@H](c2ccc(OC(F)F)c(OC)c2)C(C(=O)Nc2cc(C)on2)=C1C. The molecule has 170 valence electrons. The molecule has 1 atom stereocenters. The van der Waals surface area contributed by atoms with Crippen molar-refractivity contribution in [2.45, 2.75) is 26.5 Å². The first-order valence-corrected chi connectivity index (χ1v) is 9.93. The van der Waals surface area contributed by atoms with Crippen molar-refractivity contribution in [2.75, 3.05) is 19.0 Å². The minimum absolute atomic E-state index is 0.0913. The van der Waals surface area contributed by atoms with Crippen LogP contribution in [0.3, 0.4) is 0 Å². The first kappa shape index (κ1) is 23.2. The van der Waals surface area contributed by atoms with Gasteiger partial charge in [0.1, 0.15) is 5.76 Å². The Morgan fingerprint density at radius 3 is 2.75 bits per heavy atom. The number of carbonyl (C=O) groups is 1. The monoisotopic (exact) mass is 464 g/mol. The maximum absolute atomic E-state index is 13.3. The topological polar surface area (TPSA) is 88.9 Å². The zero-order valence-electron chi connectivity index (χ0n) is 17.6. The van der Waals surface area contributed by atoms with Crippen molar-refractivity contribution < 1.29 is 27.6 Å². The van der Waals surface area contributed by atoms with Gasteiger partial charge in [0.2, 0.25) is 0 Å². The fourth-order valence-electron chi connectivity index (χ4n) is 3.34. The number of methoxy groups -OCH3 is 1. The van der Waals surface area contributed by atoms with Crippen molar-refractivity contribution >= 4 is 29.1 Å². The minimum Gasteiger partial charge on any atom is -0.493 e. The third-order valence-electron chi connectivity index (χ3n) is 4.76. The summed E-state index contributed by atoms with van der Waals surface area (Å²) >= 11 is 5.48. The van der Waals surface area contributed by atoms with Crippen LogP contribution in [0.2, 0.25) is 0 Å². The van der Waals surface area contributed by atoms with Crippen molar-refractivity contribution in [3.8, 4) is 11.5 Å². The quantitative estimate of drug-likeness (QED) is 0.449. The first-order valence-electron chi connectivity index (χ1n) is 9.52. The van der Waals surface area contributed by atoms with Gasteiger partial charge in [0, 0.05) is 18.3 Å². The number of ether oxygens (including phenoxy) is 2. The van der Waals surface area contributed by atoms with Crippen molar-refractivity contribution in [1.29, 1.82) is 0 Å². The van der Waals surface area contributed by atoms with E-state index in [1.54, 1.807) is 37.0 Å². The summed E-state index contributed by atoms with van der Waals surface area (Å²) in [5.41, 5.74) is 1.51. The Morgan fingerprint density at radius 2 is 2.16 bits per heavy atom. The van der Waals surface area contributed by atoms with Crippen LogP contribution >= 0.6 is 12.2 Å². The van der Waals surface area contributed by atoms with E-state index in [1.165, 1.54) is 19.2 Å². The van der Waals surface area contributed by atoms with Crippen LogP contribution in [0.5, 0.6) is 11.5 Å². The molecule has 1 aromatic heterocycles. The van der Waals surface area contributed by atoms with Crippen LogP contribution in [0.25, 0.3) is 0 Å². The second-order valence-electron chi connectivity index (χ2n) is 6.85. The highest BCUT2D eigenvalue weighted by Gasteiger charge is 2.34. The molecule has 1 aliphatic rings. The van der Waals surface area contributed by atoms with Crippen molar-refractivity contribution in [3.05, 3.63) is 59.5 Å². The fraction of sp³-hybridized carbons (Fsp3) is 0.286. The average Bonchev–Trinajstić information content (AvgIpc) is 3.14. The number of carbonyl (C=O) groups excluding carboxylic acids is 1. The first-order chi connectivity index (χ1) is 15.2. The smallest absolute Gasteiger partial charge is 0.387 e. The molecule has 1 aromatic carbocycles. The normalized spacial score (nSPS) is 16.1. The number of anilines is 1. The number of thiocarbonyl (C=S) groups is 1. The number of aryl methyl sites for hydroxylation is 1. The lowest BCUT2D eigenvalue weighted by Crippen LogP contribution is -2.48. The number of nitrogens with one attached hydrogen (secondary N) is 2. The van der Waals surface area contributed by atoms with Gasteiger partial charge in [-0.15, -0.1) is 6.58 Å². The molecule has 2 aromatic rings. The van der Waals surface area contributed by atoms with Gasteiger partial charge in [0.25, 0.3) is 5.91 Å². The standard InChI is InChI=1S/C21H22F2N4O4S/c1-5-8-27-12(3)17(19(28)24-16-9-11(2)31-26-16)18(25-21(27)32)13-6-7-14(30-20(22)23)15(10-13)29-4/h5-7,9-10,18,20H,1,8H2,2-4H3,(H,25,32)(H,24,26,28)/t18-/m1/s1. The Balaban J connectivity index is 2.04. The predicted molar refractivity (Wildman–Crippen MR) is 118 cm³/mol. The van der Waals surface area contributed by atoms with E-state index in [4.69, 9.17) is 21.5 Å². The van der Waals surface area contributed by atoms with Crippen LogP contribution in [-0.2, 0) is 4.79 Å². The Morgan fingerprint density at radius 1 is 1.41 bits per heavy atom. The van der Waals surface area contributed by atoms with E-state index < -0.39 is 18.6 Å². The average molecular weight is 464 g/mol. The molecule has 3 rings (SSSR count). The summed E-state index contributed by atoms with van der Waals surface area (Å²) in [6, 6.07) is 5.33. The van der Waals surface area contributed by atoms with Gasteiger partial charge in [-0.3, -0.25) is 4.79 Å². The van der Waals surface area contributed by atoms with Gasteiger partial charge in [-0.05, 0) is 43.8 Å². The molecule has 0 spiro atoms. The van der Waals surface area contributed by atoms with E-state index in [9.17, 15) is 13.6 Å². The van der Waals surface area contributed by atoms with Gasteiger partial charge in [0.05, 0.1) is 18.7 Å². The number of aromatic nitrogens is 1. The molecule has 0 aliphatic carbocycles. The minimum atomic E-state index is -3.00. The summed E-state index contributed by atoms with van der Waals surface area (Å²) in [5, 5.41) is 10.0. The Bertz CT molecular complexity index is 1070. The summed E-state index contributed by atoms with van der Waals surface area (Å²) in [6.07, 6.45) is 1.66. The van der Waals surface area contributed by atoms with E-state index in [0.717, 1.165) is 0 Å². The van der Waals surface area contributed by atoms with Gasteiger partial charge in [-0.1, -0.05) is 17.3 Å². The fourth-order valence-corrected chi connectivity index (χ4v) is 3.67. The molecule has 0 radical (unpaired) electrons. The molecule has 1 aliphatic heterocycles. The molecule has 2 heterocycles. The molecule has 11 heteroatoms. The van der Waals surface area contributed by atoms with E-state index in [1.807, 2.05) is 0 Å². The molecular formula is C21H22F2N4O4S. The maximum atomic E-state index is 13.3. The number of hydrogen-bond donors (Lipinski definition) is 2. The third kappa shape index (κ3) is 4.88. The molecule has 0 saturated carbocycles. The van der Waals surface area contributed by atoms with Gasteiger partial charge < -0.3 is 29.5 Å². The molecule has 32 heavy (non-hydrogen) atoms. The molecule has 0 unspecified atom stereocenters. The summed E-state index contributed by atoms with van der Waals surface area (Å²) in [4.78, 5) is 15.0. The van der Waals surface area contributed by atoms with Crippen LogP contribution in [0.4, 0.5) is 14.6 Å². The number of hydrogen-bond acceptors (Lipinski definition) is 6. The number of alkyl halides is 2. The van der Waals surface area contributed by atoms with E-state index >= 15 is 0 Å². The largest absolute Gasteiger partial charge is 0.493 e. The zero-order chi connectivity index (χ0) is 23.4. The number of allylic oxidation sites excluding steroid dienone is 1. The summed E-state index contributed by atoms with van der Waals surface area (Å²) in [6.45, 7) is 4.58. The van der Waals surface area contributed by atoms with Crippen LogP contribution in [0, 0.1) is 6.92 Å². The number of halogens is 2. The second kappa shape index (κ2) is 9.77. The van der Waals surface area contributed by atoms with Crippen LogP contribution in [0.1, 0.15) is 24.3 Å². The third-order valence-corrected chi connectivity index (χ3v) is 5.10. The zero-order valence-corrected chi connectivity index (χ0v) is 18.5. The van der Waals surface area contributed by atoms with Gasteiger partial charge in [-0.25, -0.2) is 0 Å². The second-order valence-corrected chi connectivity index (χ2v) is 7.23. The molecule has 2 N–H and O–H groups in total. The number of amides is 1. The molecular weight excluding hydrogens is 442 g/mol. The van der Waals surface area contributed by atoms with Crippen molar-refractivity contribution in [3.63, 3.8) is 0 Å². The van der Waals surface area contributed by atoms with Crippen molar-refractivity contribution in [2.24, 2.45) is 0 Å². The van der Waals surface area contributed by atoms with Crippen LogP contribution in [-0.4, -0.2) is 41.3 Å². The number of rotatable bonds is 8. The highest BCUT2D eigenvalue weighted by Crippen LogP contribution is 2.36. The molecule has 8 nitrogen and oxygen atoms in total. The Hall–Kier alpha value is -3.47. The highest BCUT2D eigenvalue weighted by molar-refractivity contribution is 7.80. The molecule has 0 fully saturated rings. The van der Waals surface area contributed by atoms with E-state index in [-0.39, 0.29) is 17.3 Å². The van der Waals surface area contributed by atoms with E-state index in [0.29, 0.717) is 34.3 Å². The lowest BCUT2D eigenvalue weighted by molar-refractivity contribution is -0.113. The summed E-state index contributed by atoms with van der Waals surface area (Å²) in [7, 11) is 1.34. The van der Waals surface area contributed by atoms with Gasteiger partial charge in [0.15, 0.2) is 22.4 Å². The molecule has 0 saturated heterocycles. The predicted octanol–water partition coefficient (Wildman–Crippen LogP) is 3.92. The molecule has 1 amide bonds.